The molecule has 0 N–H and O–H groups in total. The molecular formula is C67H46N2. The van der Waals surface area contributed by atoms with E-state index in [-0.39, 0.29) is 0 Å². The zero-order valence-corrected chi connectivity index (χ0v) is 38.0. The third kappa shape index (κ3) is 6.72. The Morgan fingerprint density at radius 1 is 0.188 bits per heavy atom. The van der Waals surface area contributed by atoms with Gasteiger partial charge in [0.05, 0.1) is 5.41 Å². The van der Waals surface area contributed by atoms with Crippen LogP contribution in [0.1, 0.15) is 22.3 Å². The minimum absolute atomic E-state index is 0.406. The van der Waals surface area contributed by atoms with Crippen molar-refractivity contribution < 1.29 is 0 Å². The average Bonchev–Trinajstić information content (AvgIpc) is 3.90. The zero-order valence-electron chi connectivity index (χ0n) is 38.0. The second-order valence-corrected chi connectivity index (χ2v) is 18.1. The molecule has 0 radical (unpaired) electrons. The molecule has 0 atom stereocenters. The number of hydrogen-bond acceptors (Lipinski definition) is 2. The number of anilines is 6. The number of nitrogens with zero attached hydrogens (tertiary/aromatic N) is 2. The molecule has 0 saturated carbocycles. The van der Waals surface area contributed by atoms with Crippen molar-refractivity contribution in [3.05, 3.63) is 301 Å². The van der Waals surface area contributed by atoms with E-state index >= 15 is 0 Å². The molecule has 0 bridgehead atoms. The van der Waals surface area contributed by atoms with Gasteiger partial charge >= 0.3 is 0 Å². The Balaban J connectivity index is 1.03. The maximum absolute atomic E-state index is 2.46. The molecule has 0 amide bonds. The largest absolute Gasteiger partial charge is 0.310 e. The van der Waals surface area contributed by atoms with E-state index in [4.69, 9.17) is 0 Å². The fourth-order valence-corrected chi connectivity index (χ4v) is 11.2. The van der Waals surface area contributed by atoms with Crippen molar-refractivity contribution in [3.8, 4) is 55.6 Å². The van der Waals surface area contributed by atoms with E-state index in [9.17, 15) is 0 Å². The van der Waals surface area contributed by atoms with E-state index in [0.717, 1.165) is 45.3 Å². The van der Waals surface area contributed by atoms with Gasteiger partial charge in [0.1, 0.15) is 0 Å². The predicted molar refractivity (Wildman–Crippen MR) is 288 cm³/mol. The first-order chi connectivity index (χ1) is 34.2. The van der Waals surface area contributed by atoms with Gasteiger partial charge in [-0.15, -0.1) is 0 Å². The van der Waals surface area contributed by atoms with Crippen LogP contribution in [0, 0.1) is 0 Å². The predicted octanol–water partition coefficient (Wildman–Crippen LogP) is 18.0. The molecular weight excluding hydrogens is 833 g/mol. The maximum atomic E-state index is 2.46. The molecule has 11 aromatic rings. The third-order valence-electron chi connectivity index (χ3n) is 14.2. The molecule has 0 saturated heterocycles. The molecule has 1 spiro atoms. The van der Waals surface area contributed by atoms with Crippen molar-refractivity contribution in [1.29, 1.82) is 0 Å². The standard InChI is InChI=1S/C67H46N2/c1-5-19-47(20-6-1)49-33-38-55(39-34-49)68(53-23-9-3-10-24-53)57-43-52(44-58(46-57)69(54-25-11-4-12-26-54)56-40-35-50(36-41-56)48-21-7-2-8-22-48)51-37-42-66-62(45-51)61-29-15-18-32-65(61)67(66)63-30-16-13-27-59(63)60-28-14-17-31-64(60)67/h1-46H. The smallest absolute Gasteiger partial charge is 0.0725 e. The SMILES string of the molecule is c1ccc(-c2ccc(N(c3ccccc3)c3cc(-c4ccc5c(c4)-c4ccccc4C54c5ccccc5-c5ccccc54)cc(N(c4ccccc4)c4ccc(-c5ccccc5)cc4)c3)cc2)cc1. The van der Waals surface area contributed by atoms with Crippen molar-refractivity contribution >= 4 is 34.1 Å². The van der Waals surface area contributed by atoms with Gasteiger partial charge in [0.2, 0.25) is 0 Å². The van der Waals surface area contributed by atoms with Crippen molar-refractivity contribution in [2.45, 2.75) is 5.41 Å². The molecule has 13 rings (SSSR count). The average molecular weight is 879 g/mol. The number of benzene rings is 11. The van der Waals surface area contributed by atoms with Gasteiger partial charge in [-0.3, -0.25) is 0 Å². The lowest BCUT2D eigenvalue weighted by atomic mass is 9.70. The lowest BCUT2D eigenvalue weighted by Gasteiger charge is -2.31. The minimum Gasteiger partial charge on any atom is -0.310 e. The van der Waals surface area contributed by atoms with Gasteiger partial charge < -0.3 is 9.80 Å². The highest BCUT2D eigenvalue weighted by molar-refractivity contribution is 5.97. The van der Waals surface area contributed by atoms with Crippen LogP contribution in [0.2, 0.25) is 0 Å². The Labute approximate surface area is 404 Å². The highest BCUT2D eigenvalue weighted by Crippen LogP contribution is 2.63. The Bertz CT molecular complexity index is 3450. The fourth-order valence-electron chi connectivity index (χ4n) is 11.2. The number of rotatable bonds is 9. The second kappa shape index (κ2) is 16.7. The molecule has 0 aromatic heterocycles. The molecule has 0 aliphatic heterocycles. The number of para-hydroxylation sites is 2. The Morgan fingerprint density at radius 2 is 0.507 bits per heavy atom. The van der Waals surface area contributed by atoms with Crippen LogP contribution in [-0.4, -0.2) is 0 Å². The molecule has 2 aliphatic rings. The summed E-state index contributed by atoms with van der Waals surface area (Å²) in [5.74, 6) is 0. The van der Waals surface area contributed by atoms with Gasteiger partial charge in [0, 0.05) is 34.1 Å². The summed E-state index contributed by atoms with van der Waals surface area (Å²) in [7, 11) is 0. The van der Waals surface area contributed by atoms with Crippen LogP contribution < -0.4 is 9.80 Å². The minimum atomic E-state index is -0.406. The molecule has 2 heteroatoms. The highest BCUT2D eigenvalue weighted by atomic mass is 15.2. The van der Waals surface area contributed by atoms with Crippen molar-refractivity contribution in [3.63, 3.8) is 0 Å². The zero-order chi connectivity index (χ0) is 45.7. The van der Waals surface area contributed by atoms with Crippen molar-refractivity contribution in [2.75, 3.05) is 9.80 Å². The Morgan fingerprint density at radius 3 is 0.942 bits per heavy atom. The Hall–Kier alpha value is -8.98. The summed E-state index contributed by atoms with van der Waals surface area (Å²) in [4.78, 5) is 4.79. The quantitative estimate of drug-likeness (QED) is 0.143. The molecule has 2 aliphatic carbocycles. The summed E-state index contributed by atoms with van der Waals surface area (Å²) in [6.45, 7) is 0. The van der Waals surface area contributed by atoms with Crippen LogP contribution in [0.15, 0.2) is 279 Å². The van der Waals surface area contributed by atoms with Crippen molar-refractivity contribution in [1.82, 2.24) is 0 Å². The van der Waals surface area contributed by atoms with E-state index in [0.29, 0.717) is 0 Å². The van der Waals surface area contributed by atoms with Gasteiger partial charge in [-0.25, -0.2) is 0 Å². The number of fused-ring (bicyclic) bond motifs is 10. The molecule has 2 nitrogen and oxygen atoms in total. The molecule has 324 valence electrons. The van der Waals surface area contributed by atoms with Crippen LogP contribution in [0.4, 0.5) is 34.1 Å². The van der Waals surface area contributed by atoms with Crippen LogP contribution in [0.25, 0.3) is 55.6 Å². The van der Waals surface area contributed by atoms with E-state index in [1.165, 1.54) is 66.8 Å². The normalized spacial score (nSPS) is 12.5. The lowest BCUT2D eigenvalue weighted by Crippen LogP contribution is -2.25. The van der Waals surface area contributed by atoms with E-state index in [1.807, 2.05) is 0 Å². The summed E-state index contributed by atoms with van der Waals surface area (Å²) in [5, 5.41) is 0. The lowest BCUT2D eigenvalue weighted by molar-refractivity contribution is 0.794. The second-order valence-electron chi connectivity index (χ2n) is 18.1. The van der Waals surface area contributed by atoms with Gasteiger partial charge in [0.25, 0.3) is 0 Å². The molecule has 0 unspecified atom stereocenters. The highest BCUT2D eigenvalue weighted by Gasteiger charge is 2.51. The van der Waals surface area contributed by atoms with Crippen LogP contribution in [0.5, 0.6) is 0 Å². The fraction of sp³-hybridized carbons (Fsp3) is 0.0149. The van der Waals surface area contributed by atoms with Gasteiger partial charge in [-0.1, -0.05) is 206 Å². The molecule has 11 aromatic carbocycles. The van der Waals surface area contributed by atoms with Gasteiger partial charge in [0.15, 0.2) is 0 Å². The first-order valence-corrected chi connectivity index (χ1v) is 23.8. The van der Waals surface area contributed by atoms with Crippen LogP contribution in [0.3, 0.4) is 0 Å². The van der Waals surface area contributed by atoms with Gasteiger partial charge in [-0.05, 0) is 151 Å². The van der Waals surface area contributed by atoms with Crippen molar-refractivity contribution in [2.24, 2.45) is 0 Å². The van der Waals surface area contributed by atoms with E-state index in [1.54, 1.807) is 0 Å². The molecule has 69 heavy (non-hydrogen) atoms. The van der Waals surface area contributed by atoms with Crippen LogP contribution >= 0.6 is 0 Å². The molecule has 0 heterocycles. The monoisotopic (exact) mass is 878 g/mol. The maximum Gasteiger partial charge on any atom is 0.0725 e. The summed E-state index contributed by atoms with van der Waals surface area (Å²) in [6, 6.07) is 102. The topological polar surface area (TPSA) is 6.48 Å². The summed E-state index contributed by atoms with van der Waals surface area (Å²) >= 11 is 0. The summed E-state index contributed by atoms with van der Waals surface area (Å²) in [5.41, 5.74) is 23.6. The third-order valence-corrected chi connectivity index (χ3v) is 14.2. The first-order valence-electron chi connectivity index (χ1n) is 23.8. The summed E-state index contributed by atoms with van der Waals surface area (Å²) < 4.78 is 0. The van der Waals surface area contributed by atoms with E-state index < -0.39 is 5.41 Å². The summed E-state index contributed by atoms with van der Waals surface area (Å²) in [6.07, 6.45) is 0. The van der Waals surface area contributed by atoms with E-state index in [2.05, 4.69) is 289 Å². The molecule has 0 fully saturated rings. The first kappa shape index (κ1) is 40.3. The van der Waals surface area contributed by atoms with Gasteiger partial charge in [-0.2, -0.15) is 0 Å². The number of hydrogen-bond donors (Lipinski definition) is 0. The Kier molecular flexibility index (Phi) is 9.77. The van der Waals surface area contributed by atoms with Crippen LogP contribution in [-0.2, 0) is 5.41 Å².